The van der Waals surface area contributed by atoms with Crippen molar-refractivity contribution < 1.29 is 18.1 Å². The van der Waals surface area contributed by atoms with Crippen molar-refractivity contribution in [3.63, 3.8) is 0 Å². The molecule has 1 unspecified atom stereocenters. The van der Waals surface area contributed by atoms with Crippen LogP contribution in [0.5, 0.6) is 0 Å². The van der Waals surface area contributed by atoms with Gasteiger partial charge in [-0.1, -0.05) is 0 Å². The number of hydrogen-bond acceptors (Lipinski definition) is 6. The molecule has 0 aliphatic carbocycles. The molecule has 2 rings (SSSR count). The maximum absolute atomic E-state index is 12.2. The van der Waals surface area contributed by atoms with Crippen LogP contribution in [0, 0.1) is 24.0 Å². The molecule has 134 valence electrons. The minimum Gasteiger partial charge on any atom is -0.350 e. The number of nitrogens with zero attached hydrogens (tertiary/aromatic N) is 4. The van der Waals surface area contributed by atoms with Crippen LogP contribution in [0.25, 0.3) is 0 Å². The lowest BCUT2D eigenvalue weighted by molar-refractivity contribution is -0.386. The Morgan fingerprint density at radius 3 is 2.67 bits per heavy atom. The molecule has 0 aromatic carbocycles. The average molecular weight is 359 g/mol. The molecule has 1 aromatic rings. The van der Waals surface area contributed by atoms with E-state index in [1.807, 2.05) is 0 Å². The Kier molecular flexibility index (Phi) is 5.23. The summed E-state index contributed by atoms with van der Waals surface area (Å²) in [7, 11) is -3.28. The van der Waals surface area contributed by atoms with Crippen molar-refractivity contribution in [3.8, 4) is 0 Å². The highest BCUT2D eigenvalue weighted by Gasteiger charge is 2.28. The lowest BCUT2D eigenvalue weighted by atomic mass is 10.1. The Balaban J connectivity index is 2.01. The van der Waals surface area contributed by atoms with Crippen molar-refractivity contribution in [2.75, 3.05) is 19.3 Å². The van der Waals surface area contributed by atoms with Gasteiger partial charge in [0.2, 0.25) is 15.9 Å². The van der Waals surface area contributed by atoms with Gasteiger partial charge in [0.15, 0.2) is 0 Å². The Morgan fingerprint density at radius 1 is 1.46 bits per heavy atom. The maximum Gasteiger partial charge on any atom is 0.312 e. The summed E-state index contributed by atoms with van der Waals surface area (Å²) in [6.45, 7) is 3.61. The van der Waals surface area contributed by atoms with Crippen LogP contribution in [0.1, 0.15) is 24.2 Å². The predicted octanol–water partition coefficient (Wildman–Crippen LogP) is -0.0517. The quantitative estimate of drug-likeness (QED) is 0.580. The highest BCUT2D eigenvalue weighted by Crippen LogP contribution is 2.21. The van der Waals surface area contributed by atoms with Gasteiger partial charge in [-0.3, -0.25) is 19.6 Å². The molecule has 0 saturated carbocycles. The Bertz CT molecular complexity index is 757. The normalized spacial score (nSPS) is 19.2. The lowest BCUT2D eigenvalue weighted by Gasteiger charge is -2.31. The SMILES string of the molecule is Cc1nn(CC(=O)NC2CCCN(S(C)(=O)=O)C2)c(C)c1[N+](=O)[O-]. The molecule has 24 heavy (non-hydrogen) atoms. The lowest BCUT2D eigenvalue weighted by Crippen LogP contribution is -2.49. The van der Waals surface area contributed by atoms with E-state index in [-0.39, 0.29) is 36.4 Å². The average Bonchev–Trinajstić information content (AvgIpc) is 2.72. The van der Waals surface area contributed by atoms with Crippen molar-refractivity contribution in [2.45, 2.75) is 39.3 Å². The first kappa shape index (κ1) is 18.3. The molecule has 1 atom stereocenters. The number of aromatic nitrogens is 2. The zero-order chi connectivity index (χ0) is 18.1. The van der Waals surface area contributed by atoms with Gasteiger partial charge in [-0.2, -0.15) is 5.10 Å². The molecule has 0 radical (unpaired) electrons. The third kappa shape index (κ3) is 4.09. The molecular weight excluding hydrogens is 338 g/mol. The number of rotatable bonds is 5. The van der Waals surface area contributed by atoms with Crippen LogP contribution in [0.2, 0.25) is 0 Å². The van der Waals surface area contributed by atoms with E-state index in [4.69, 9.17) is 0 Å². The van der Waals surface area contributed by atoms with Gasteiger partial charge in [0.1, 0.15) is 17.9 Å². The van der Waals surface area contributed by atoms with Gasteiger partial charge >= 0.3 is 5.69 Å². The van der Waals surface area contributed by atoms with Crippen molar-refractivity contribution in [2.24, 2.45) is 0 Å². The fourth-order valence-corrected chi connectivity index (χ4v) is 3.79. The van der Waals surface area contributed by atoms with E-state index >= 15 is 0 Å². The van der Waals surface area contributed by atoms with Crippen LogP contribution >= 0.6 is 0 Å². The first-order chi connectivity index (χ1) is 11.1. The molecule has 0 spiro atoms. The van der Waals surface area contributed by atoms with Crippen molar-refractivity contribution in [1.29, 1.82) is 0 Å². The molecule has 1 aromatic heterocycles. The third-order valence-corrected chi connectivity index (χ3v) is 5.31. The van der Waals surface area contributed by atoms with Crippen LogP contribution in [0.15, 0.2) is 0 Å². The second kappa shape index (κ2) is 6.85. The predicted molar refractivity (Wildman–Crippen MR) is 85.9 cm³/mol. The van der Waals surface area contributed by atoms with Crippen LogP contribution in [0.4, 0.5) is 5.69 Å². The molecule has 1 fully saturated rings. The van der Waals surface area contributed by atoms with Crippen LogP contribution in [-0.4, -0.2) is 58.7 Å². The zero-order valence-corrected chi connectivity index (χ0v) is 14.7. The maximum atomic E-state index is 12.2. The molecule has 1 saturated heterocycles. The molecule has 1 aliphatic heterocycles. The molecule has 1 amide bonds. The molecule has 1 N–H and O–H groups in total. The topological polar surface area (TPSA) is 127 Å². The highest BCUT2D eigenvalue weighted by molar-refractivity contribution is 7.88. The van der Waals surface area contributed by atoms with Gasteiger partial charge in [0, 0.05) is 19.1 Å². The van der Waals surface area contributed by atoms with Crippen LogP contribution in [-0.2, 0) is 21.4 Å². The number of nitro groups is 1. The van der Waals surface area contributed by atoms with E-state index in [0.29, 0.717) is 25.1 Å². The fourth-order valence-electron chi connectivity index (χ4n) is 2.88. The van der Waals surface area contributed by atoms with Gasteiger partial charge < -0.3 is 5.32 Å². The van der Waals surface area contributed by atoms with Crippen molar-refractivity contribution in [1.82, 2.24) is 19.4 Å². The molecule has 10 nitrogen and oxygen atoms in total. The number of nitrogens with one attached hydrogen (secondary N) is 1. The summed E-state index contributed by atoms with van der Waals surface area (Å²) in [5.41, 5.74) is 0.476. The smallest absolute Gasteiger partial charge is 0.312 e. The number of carbonyl (C=O) groups excluding carboxylic acids is 1. The molecule has 11 heteroatoms. The monoisotopic (exact) mass is 359 g/mol. The number of amides is 1. The summed E-state index contributed by atoms with van der Waals surface area (Å²) in [5, 5.41) is 17.8. The Labute approximate surface area is 140 Å². The van der Waals surface area contributed by atoms with E-state index in [9.17, 15) is 23.3 Å². The van der Waals surface area contributed by atoms with Gasteiger partial charge in [0.05, 0.1) is 11.2 Å². The summed E-state index contributed by atoms with van der Waals surface area (Å²) in [5.74, 6) is -0.351. The molecule has 1 aliphatic rings. The zero-order valence-electron chi connectivity index (χ0n) is 13.9. The summed E-state index contributed by atoms with van der Waals surface area (Å²) in [6, 6.07) is -0.270. The summed E-state index contributed by atoms with van der Waals surface area (Å²) in [4.78, 5) is 22.6. The van der Waals surface area contributed by atoms with Crippen molar-refractivity contribution in [3.05, 3.63) is 21.5 Å². The number of carbonyl (C=O) groups is 1. The van der Waals surface area contributed by atoms with Gasteiger partial charge in [-0.25, -0.2) is 12.7 Å². The summed E-state index contributed by atoms with van der Waals surface area (Å²) in [6.07, 6.45) is 2.50. The minimum atomic E-state index is -3.28. The first-order valence-electron chi connectivity index (χ1n) is 7.52. The molecule has 0 bridgehead atoms. The fraction of sp³-hybridized carbons (Fsp3) is 0.692. The third-order valence-electron chi connectivity index (χ3n) is 4.04. The standard InChI is InChI=1S/C13H21N5O5S/c1-9-13(18(20)21)10(2)17(15-9)8-12(19)14-11-5-4-6-16(7-11)24(3,22)23/h11H,4-8H2,1-3H3,(H,14,19). The second-order valence-electron chi connectivity index (χ2n) is 5.96. The van der Waals surface area contributed by atoms with E-state index in [1.165, 1.54) is 22.8 Å². The summed E-state index contributed by atoms with van der Waals surface area (Å²) < 4.78 is 25.8. The minimum absolute atomic E-state index is 0.0938. The Morgan fingerprint density at radius 2 is 2.12 bits per heavy atom. The van der Waals surface area contributed by atoms with E-state index < -0.39 is 14.9 Å². The van der Waals surface area contributed by atoms with E-state index in [2.05, 4.69) is 10.4 Å². The number of hydrogen-bond donors (Lipinski definition) is 1. The van der Waals surface area contributed by atoms with Gasteiger partial charge in [0.25, 0.3) is 0 Å². The van der Waals surface area contributed by atoms with E-state index in [1.54, 1.807) is 0 Å². The number of piperidine rings is 1. The van der Waals surface area contributed by atoms with Crippen LogP contribution < -0.4 is 5.32 Å². The first-order valence-corrected chi connectivity index (χ1v) is 9.37. The number of aryl methyl sites for hydroxylation is 1. The number of sulfonamides is 1. The molecular formula is C13H21N5O5S. The second-order valence-corrected chi connectivity index (χ2v) is 7.94. The largest absolute Gasteiger partial charge is 0.350 e. The molecule has 2 heterocycles. The Hall–Kier alpha value is -2.01. The highest BCUT2D eigenvalue weighted by atomic mass is 32.2. The van der Waals surface area contributed by atoms with Gasteiger partial charge in [-0.05, 0) is 26.7 Å². The van der Waals surface area contributed by atoms with E-state index in [0.717, 1.165) is 6.26 Å². The van der Waals surface area contributed by atoms with Gasteiger partial charge in [-0.15, -0.1) is 0 Å². The van der Waals surface area contributed by atoms with Crippen LogP contribution in [0.3, 0.4) is 0 Å². The van der Waals surface area contributed by atoms with Crippen molar-refractivity contribution >= 4 is 21.6 Å². The summed E-state index contributed by atoms with van der Waals surface area (Å²) >= 11 is 0.